The summed E-state index contributed by atoms with van der Waals surface area (Å²) in [5.74, 6) is 0.205. The van der Waals surface area contributed by atoms with Crippen molar-refractivity contribution < 1.29 is 14.4 Å². The average molecular weight is 265 g/mol. The van der Waals surface area contributed by atoms with Gasteiger partial charge in [0.25, 0.3) is 0 Å². The molecule has 1 aliphatic rings. The second-order valence-corrected chi connectivity index (χ2v) is 5.54. The molecule has 0 amide bonds. The van der Waals surface area contributed by atoms with Crippen LogP contribution < -0.4 is 5.46 Å². The summed E-state index contributed by atoms with van der Waals surface area (Å²) in [7, 11) is -1.75. The number of nitrogens with zero attached hydrogens (tertiary/aromatic N) is 1. The molecule has 5 heteroatoms. The predicted octanol–water partition coefficient (Wildman–Crippen LogP) is 1.13. The highest BCUT2D eigenvalue weighted by Gasteiger charge is 2.18. The molecule has 2 N–H and O–H groups in total. The molecule has 1 atom stereocenters. The molecule has 1 saturated heterocycles. The van der Waals surface area contributed by atoms with Crippen LogP contribution in [0.4, 0.5) is 4.39 Å². The fourth-order valence-corrected chi connectivity index (χ4v) is 2.63. The van der Waals surface area contributed by atoms with Gasteiger partial charge in [-0.2, -0.15) is 0 Å². The molecule has 104 valence electrons. The molecule has 0 radical (unpaired) electrons. The van der Waals surface area contributed by atoms with Crippen molar-refractivity contribution in [2.24, 2.45) is 5.92 Å². The summed E-state index contributed by atoms with van der Waals surface area (Å²) in [5.41, 5.74) is 0.889. The first-order valence-electron chi connectivity index (χ1n) is 6.93. The van der Waals surface area contributed by atoms with E-state index in [0.29, 0.717) is 0 Å². The van der Waals surface area contributed by atoms with Crippen molar-refractivity contribution in [3.05, 3.63) is 29.6 Å². The van der Waals surface area contributed by atoms with Gasteiger partial charge in [0, 0.05) is 12.0 Å². The molecule has 1 aliphatic heterocycles. The smallest absolute Gasteiger partial charge is 0.423 e. The summed E-state index contributed by atoms with van der Waals surface area (Å²) < 4.78 is 13.4. The maximum absolute atomic E-state index is 13.4. The van der Waals surface area contributed by atoms with Crippen molar-refractivity contribution in [3.8, 4) is 0 Å². The highest BCUT2D eigenvalue weighted by Crippen LogP contribution is 2.18. The lowest BCUT2D eigenvalue weighted by atomic mass is 9.79. The van der Waals surface area contributed by atoms with E-state index >= 15 is 0 Å². The summed E-state index contributed by atoms with van der Waals surface area (Å²) in [6.07, 6.45) is 3.65. The summed E-state index contributed by atoms with van der Waals surface area (Å²) >= 11 is 0. The van der Waals surface area contributed by atoms with Crippen LogP contribution in [0.5, 0.6) is 0 Å². The Kier molecular flexibility index (Phi) is 4.96. The lowest BCUT2D eigenvalue weighted by Crippen LogP contribution is -2.33. The van der Waals surface area contributed by atoms with Gasteiger partial charge < -0.3 is 10.0 Å². The molecule has 0 aliphatic carbocycles. The Hall–Kier alpha value is -0.905. The standard InChI is InChI=1S/C14H21BFNO2/c1-11-3-2-7-17(8-6-11)10-12-4-5-14(16)13(9-12)15(18)19/h4-5,9,11,18-19H,2-3,6-8,10H2,1H3. The van der Waals surface area contributed by atoms with Crippen molar-refractivity contribution >= 4 is 12.6 Å². The van der Waals surface area contributed by atoms with Crippen LogP contribution in [0.25, 0.3) is 0 Å². The lowest BCUT2D eigenvalue weighted by molar-refractivity contribution is 0.273. The van der Waals surface area contributed by atoms with Crippen LogP contribution in [0.15, 0.2) is 18.2 Å². The second-order valence-electron chi connectivity index (χ2n) is 5.54. The van der Waals surface area contributed by atoms with Crippen LogP contribution in [0.3, 0.4) is 0 Å². The van der Waals surface area contributed by atoms with E-state index in [-0.39, 0.29) is 5.46 Å². The first-order valence-corrected chi connectivity index (χ1v) is 6.93. The zero-order valence-electron chi connectivity index (χ0n) is 11.3. The molecule has 0 aromatic heterocycles. The van der Waals surface area contributed by atoms with E-state index in [9.17, 15) is 4.39 Å². The summed E-state index contributed by atoms with van der Waals surface area (Å²) in [6, 6.07) is 4.58. The van der Waals surface area contributed by atoms with Gasteiger partial charge in [-0.3, -0.25) is 4.90 Å². The molecular weight excluding hydrogens is 244 g/mol. The summed E-state index contributed by atoms with van der Waals surface area (Å²) in [4.78, 5) is 2.35. The maximum Gasteiger partial charge on any atom is 0.491 e. The molecular formula is C14H21BFNO2. The maximum atomic E-state index is 13.4. The minimum absolute atomic E-state index is 0.0410. The van der Waals surface area contributed by atoms with Gasteiger partial charge in [-0.15, -0.1) is 0 Å². The van der Waals surface area contributed by atoms with Gasteiger partial charge in [-0.25, -0.2) is 4.39 Å². The normalized spacial score (nSPS) is 21.2. The monoisotopic (exact) mass is 265 g/mol. The Morgan fingerprint density at radius 3 is 2.84 bits per heavy atom. The third-order valence-electron chi connectivity index (χ3n) is 3.85. The molecule has 1 fully saturated rings. The van der Waals surface area contributed by atoms with E-state index in [2.05, 4.69) is 11.8 Å². The van der Waals surface area contributed by atoms with Gasteiger partial charge in [0.15, 0.2) is 0 Å². The largest absolute Gasteiger partial charge is 0.491 e. The third-order valence-corrected chi connectivity index (χ3v) is 3.85. The fourth-order valence-electron chi connectivity index (χ4n) is 2.63. The average Bonchev–Trinajstić information content (AvgIpc) is 2.56. The molecule has 1 unspecified atom stereocenters. The molecule has 3 nitrogen and oxygen atoms in total. The van der Waals surface area contributed by atoms with Crippen LogP contribution in [0.1, 0.15) is 31.7 Å². The second kappa shape index (κ2) is 6.50. The van der Waals surface area contributed by atoms with Crippen molar-refractivity contribution in [1.29, 1.82) is 0 Å². The minimum Gasteiger partial charge on any atom is -0.423 e. The highest BCUT2D eigenvalue weighted by molar-refractivity contribution is 6.58. The molecule has 0 saturated carbocycles. The van der Waals surface area contributed by atoms with Crippen LogP contribution in [0.2, 0.25) is 0 Å². The van der Waals surface area contributed by atoms with Crippen molar-refractivity contribution in [1.82, 2.24) is 4.90 Å². The van der Waals surface area contributed by atoms with Gasteiger partial charge in [0.2, 0.25) is 0 Å². The number of hydrogen-bond donors (Lipinski definition) is 2. The molecule has 2 rings (SSSR count). The van der Waals surface area contributed by atoms with Gasteiger partial charge >= 0.3 is 7.12 Å². The van der Waals surface area contributed by atoms with E-state index < -0.39 is 12.9 Å². The number of likely N-dealkylation sites (tertiary alicyclic amines) is 1. The van der Waals surface area contributed by atoms with Crippen molar-refractivity contribution in [2.45, 2.75) is 32.7 Å². The van der Waals surface area contributed by atoms with E-state index in [1.54, 1.807) is 12.1 Å². The van der Waals surface area contributed by atoms with Crippen LogP contribution in [-0.4, -0.2) is 35.2 Å². The lowest BCUT2D eigenvalue weighted by Gasteiger charge is -2.20. The number of rotatable bonds is 3. The zero-order valence-corrected chi connectivity index (χ0v) is 11.3. The van der Waals surface area contributed by atoms with Crippen LogP contribution >= 0.6 is 0 Å². The van der Waals surface area contributed by atoms with E-state index in [1.807, 2.05) is 0 Å². The predicted molar refractivity (Wildman–Crippen MR) is 74.5 cm³/mol. The Morgan fingerprint density at radius 2 is 2.11 bits per heavy atom. The Labute approximate surface area is 114 Å². The molecule has 0 spiro atoms. The third kappa shape index (κ3) is 4.03. The van der Waals surface area contributed by atoms with Gasteiger partial charge in [-0.05, 0) is 49.9 Å². The Morgan fingerprint density at radius 1 is 1.32 bits per heavy atom. The molecule has 0 bridgehead atoms. The summed E-state index contributed by atoms with van der Waals surface area (Å²) in [6.45, 7) is 5.13. The first kappa shape index (κ1) is 14.5. The molecule has 19 heavy (non-hydrogen) atoms. The number of halogens is 1. The van der Waals surface area contributed by atoms with Crippen LogP contribution in [-0.2, 0) is 6.54 Å². The number of hydrogen-bond acceptors (Lipinski definition) is 3. The van der Waals surface area contributed by atoms with Crippen molar-refractivity contribution in [2.75, 3.05) is 13.1 Å². The SMILES string of the molecule is CC1CCCN(Cc2ccc(F)c(B(O)O)c2)CC1. The van der Waals surface area contributed by atoms with Gasteiger partial charge in [-0.1, -0.05) is 19.1 Å². The minimum atomic E-state index is -1.75. The fraction of sp³-hybridized carbons (Fsp3) is 0.571. The highest BCUT2D eigenvalue weighted by atomic mass is 19.1. The van der Waals surface area contributed by atoms with Gasteiger partial charge in [0.05, 0.1) is 0 Å². The molecule has 1 heterocycles. The van der Waals surface area contributed by atoms with E-state index in [0.717, 1.165) is 31.1 Å². The Balaban J connectivity index is 2.04. The van der Waals surface area contributed by atoms with Crippen molar-refractivity contribution in [3.63, 3.8) is 0 Å². The number of benzene rings is 1. The van der Waals surface area contributed by atoms with Gasteiger partial charge in [0.1, 0.15) is 5.82 Å². The summed E-state index contributed by atoms with van der Waals surface area (Å²) in [5, 5.41) is 18.2. The Bertz CT molecular complexity index is 428. The topological polar surface area (TPSA) is 43.7 Å². The molecule has 1 aromatic rings. The first-order chi connectivity index (χ1) is 9.06. The molecule has 1 aromatic carbocycles. The quantitative estimate of drug-likeness (QED) is 0.805. The zero-order chi connectivity index (χ0) is 13.8. The van der Waals surface area contributed by atoms with E-state index in [4.69, 9.17) is 10.0 Å². The van der Waals surface area contributed by atoms with Crippen LogP contribution in [0, 0.1) is 11.7 Å². The van der Waals surface area contributed by atoms with E-state index in [1.165, 1.54) is 25.3 Å².